The summed E-state index contributed by atoms with van der Waals surface area (Å²) in [4.78, 5) is 12.4. The second-order valence-corrected chi connectivity index (χ2v) is 4.91. The Kier molecular flexibility index (Phi) is 3.93. The summed E-state index contributed by atoms with van der Waals surface area (Å²) in [6.45, 7) is 4.04. The third kappa shape index (κ3) is 2.68. The van der Waals surface area contributed by atoms with Gasteiger partial charge in [0.15, 0.2) is 0 Å². The van der Waals surface area contributed by atoms with Gasteiger partial charge in [0, 0.05) is 24.7 Å². The van der Waals surface area contributed by atoms with Crippen molar-refractivity contribution in [2.75, 3.05) is 13.2 Å². The standard InChI is InChI=1S/C13H18N2O3/c1-10-6-7-14(13(10)9-16)8-11-2-4-12(5-3-11)15(17)18/h2-5,10,13,16H,6-9H2,1H3. The Morgan fingerprint density at radius 2 is 2.11 bits per heavy atom. The Hall–Kier alpha value is -1.46. The van der Waals surface area contributed by atoms with E-state index in [4.69, 9.17) is 0 Å². The van der Waals surface area contributed by atoms with E-state index in [9.17, 15) is 15.2 Å². The highest BCUT2D eigenvalue weighted by Crippen LogP contribution is 2.25. The van der Waals surface area contributed by atoms with Crippen LogP contribution in [0.1, 0.15) is 18.9 Å². The van der Waals surface area contributed by atoms with E-state index < -0.39 is 4.92 Å². The fourth-order valence-corrected chi connectivity index (χ4v) is 2.54. The van der Waals surface area contributed by atoms with Crippen LogP contribution in [0.2, 0.25) is 0 Å². The highest BCUT2D eigenvalue weighted by Gasteiger charge is 2.30. The summed E-state index contributed by atoms with van der Waals surface area (Å²) in [6.07, 6.45) is 1.10. The molecule has 2 atom stereocenters. The van der Waals surface area contributed by atoms with Gasteiger partial charge in [-0.1, -0.05) is 19.1 Å². The fourth-order valence-electron chi connectivity index (χ4n) is 2.54. The second kappa shape index (κ2) is 5.46. The number of likely N-dealkylation sites (tertiary alicyclic amines) is 1. The second-order valence-electron chi connectivity index (χ2n) is 4.91. The molecular weight excluding hydrogens is 232 g/mol. The normalized spacial score (nSPS) is 24.3. The van der Waals surface area contributed by atoms with Gasteiger partial charge >= 0.3 is 0 Å². The maximum atomic E-state index is 10.6. The summed E-state index contributed by atoms with van der Waals surface area (Å²) in [6, 6.07) is 6.84. The maximum absolute atomic E-state index is 10.6. The molecule has 1 N–H and O–H groups in total. The molecule has 0 spiro atoms. The van der Waals surface area contributed by atoms with Crippen LogP contribution in [-0.2, 0) is 6.54 Å². The number of hydrogen-bond donors (Lipinski definition) is 1. The molecule has 1 fully saturated rings. The molecule has 2 rings (SSSR count). The number of nitrogens with zero attached hydrogens (tertiary/aromatic N) is 2. The minimum atomic E-state index is -0.391. The maximum Gasteiger partial charge on any atom is 0.269 e. The molecule has 1 aromatic carbocycles. The Labute approximate surface area is 106 Å². The molecule has 5 nitrogen and oxygen atoms in total. The van der Waals surface area contributed by atoms with E-state index in [2.05, 4.69) is 11.8 Å². The summed E-state index contributed by atoms with van der Waals surface area (Å²) in [7, 11) is 0. The van der Waals surface area contributed by atoms with Crippen LogP contribution in [0.3, 0.4) is 0 Å². The Morgan fingerprint density at radius 1 is 1.44 bits per heavy atom. The third-order valence-corrected chi connectivity index (χ3v) is 3.72. The molecule has 0 radical (unpaired) electrons. The molecular formula is C13H18N2O3. The van der Waals surface area contributed by atoms with Gasteiger partial charge in [-0.15, -0.1) is 0 Å². The van der Waals surface area contributed by atoms with Gasteiger partial charge in [-0.25, -0.2) is 0 Å². The minimum Gasteiger partial charge on any atom is -0.395 e. The van der Waals surface area contributed by atoms with Gasteiger partial charge in [-0.05, 0) is 24.4 Å². The van der Waals surface area contributed by atoms with Crippen LogP contribution in [-0.4, -0.2) is 34.1 Å². The summed E-state index contributed by atoms with van der Waals surface area (Å²) in [5, 5.41) is 19.9. The number of non-ortho nitro benzene ring substituents is 1. The van der Waals surface area contributed by atoms with E-state index in [0.29, 0.717) is 5.92 Å². The van der Waals surface area contributed by atoms with Crippen molar-refractivity contribution >= 4 is 5.69 Å². The van der Waals surface area contributed by atoms with Gasteiger partial charge < -0.3 is 5.11 Å². The van der Waals surface area contributed by atoms with Crippen LogP contribution in [0.5, 0.6) is 0 Å². The Bertz CT molecular complexity index is 419. The van der Waals surface area contributed by atoms with Crippen molar-refractivity contribution in [3.8, 4) is 0 Å². The number of nitro benzene ring substituents is 1. The number of nitro groups is 1. The third-order valence-electron chi connectivity index (χ3n) is 3.72. The van der Waals surface area contributed by atoms with E-state index in [1.165, 1.54) is 12.1 Å². The first-order chi connectivity index (χ1) is 8.61. The average molecular weight is 250 g/mol. The Morgan fingerprint density at radius 3 is 2.67 bits per heavy atom. The van der Waals surface area contributed by atoms with Gasteiger partial charge in [-0.2, -0.15) is 0 Å². The van der Waals surface area contributed by atoms with E-state index in [1.54, 1.807) is 12.1 Å². The molecule has 18 heavy (non-hydrogen) atoms. The average Bonchev–Trinajstić information content (AvgIpc) is 2.70. The van der Waals surface area contributed by atoms with Crippen molar-refractivity contribution < 1.29 is 10.0 Å². The van der Waals surface area contributed by atoms with Crippen molar-refractivity contribution in [1.82, 2.24) is 4.90 Å². The van der Waals surface area contributed by atoms with Gasteiger partial charge in [0.05, 0.1) is 11.5 Å². The summed E-state index contributed by atoms with van der Waals surface area (Å²) >= 11 is 0. The van der Waals surface area contributed by atoms with Crippen molar-refractivity contribution in [2.24, 2.45) is 5.92 Å². The van der Waals surface area contributed by atoms with E-state index in [-0.39, 0.29) is 18.3 Å². The van der Waals surface area contributed by atoms with Crippen molar-refractivity contribution in [3.05, 3.63) is 39.9 Å². The van der Waals surface area contributed by atoms with Crippen LogP contribution in [0, 0.1) is 16.0 Å². The van der Waals surface area contributed by atoms with Crippen LogP contribution in [0.4, 0.5) is 5.69 Å². The van der Waals surface area contributed by atoms with Gasteiger partial charge in [-0.3, -0.25) is 15.0 Å². The highest BCUT2D eigenvalue weighted by molar-refractivity contribution is 5.32. The molecule has 5 heteroatoms. The van der Waals surface area contributed by atoms with Gasteiger partial charge in [0.2, 0.25) is 0 Å². The molecule has 1 aliphatic rings. The number of rotatable bonds is 4. The number of aliphatic hydroxyl groups excluding tert-OH is 1. The lowest BCUT2D eigenvalue weighted by atomic mass is 10.0. The molecule has 98 valence electrons. The molecule has 0 saturated carbocycles. The summed E-state index contributed by atoms with van der Waals surface area (Å²) in [5.41, 5.74) is 1.17. The topological polar surface area (TPSA) is 66.6 Å². The quantitative estimate of drug-likeness (QED) is 0.653. The number of hydrogen-bond acceptors (Lipinski definition) is 4. The lowest BCUT2D eigenvalue weighted by Crippen LogP contribution is -2.34. The van der Waals surface area contributed by atoms with Crippen LogP contribution >= 0.6 is 0 Å². The van der Waals surface area contributed by atoms with Gasteiger partial charge in [0.25, 0.3) is 5.69 Å². The van der Waals surface area contributed by atoms with Crippen molar-refractivity contribution in [1.29, 1.82) is 0 Å². The minimum absolute atomic E-state index is 0.118. The number of aliphatic hydroxyl groups is 1. The van der Waals surface area contributed by atoms with Crippen LogP contribution in [0.25, 0.3) is 0 Å². The first-order valence-electron chi connectivity index (χ1n) is 6.20. The summed E-state index contributed by atoms with van der Waals surface area (Å²) < 4.78 is 0. The smallest absolute Gasteiger partial charge is 0.269 e. The van der Waals surface area contributed by atoms with Gasteiger partial charge in [0.1, 0.15) is 0 Å². The highest BCUT2D eigenvalue weighted by atomic mass is 16.6. The molecule has 0 amide bonds. The molecule has 1 aliphatic heterocycles. The largest absolute Gasteiger partial charge is 0.395 e. The predicted molar refractivity (Wildman–Crippen MR) is 68.2 cm³/mol. The lowest BCUT2D eigenvalue weighted by Gasteiger charge is -2.24. The van der Waals surface area contributed by atoms with Crippen LogP contribution in [0.15, 0.2) is 24.3 Å². The molecule has 1 saturated heterocycles. The monoisotopic (exact) mass is 250 g/mol. The molecule has 0 aromatic heterocycles. The predicted octanol–water partition coefficient (Wildman–Crippen LogP) is 1.80. The SMILES string of the molecule is CC1CCN(Cc2ccc([N+](=O)[O-])cc2)C1CO. The van der Waals surface area contributed by atoms with Crippen molar-refractivity contribution in [2.45, 2.75) is 25.9 Å². The molecule has 1 aromatic rings. The first kappa shape index (κ1) is 13.0. The van der Waals surface area contributed by atoms with E-state index >= 15 is 0 Å². The molecule has 2 unspecified atom stereocenters. The molecule has 0 bridgehead atoms. The van der Waals surface area contributed by atoms with E-state index in [1.807, 2.05) is 0 Å². The Balaban J connectivity index is 2.03. The molecule has 1 heterocycles. The fraction of sp³-hybridized carbons (Fsp3) is 0.538. The zero-order valence-corrected chi connectivity index (χ0v) is 10.5. The zero-order valence-electron chi connectivity index (χ0n) is 10.5. The lowest BCUT2D eigenvalue weighted by molar-refractivity contribution is -0.384. The van der Waals surface area contributed by atoms with Crippen molar-refractivity contribution in [3.63, 3.8) is 0 Å². The first-order valence-corrected chi connectivity index (χ1v) is 6.20. The number of benzene rings is 1. The van der Waals surface area contributed by atoms with E-state index in [0.717, 1.165) is 25.1 Å². The molecule has 0 aliphatic carbocycles. The van der Waals surface area contributed by atoms with Crippen LogP contribution < -0.4 is 0 Å². The zero-order chi connectivity index (χ0) is 13.1. The summed E-state index contributed by atoms with van der Waals surface area (Å²) in [5.74, 6) is 0.507.